The van der Waals surface area contributed by atoms with E-state index in [1.165, 1.54) is 0 Å². The molecule has 0 aliphatic heterocycles. The van der Waals surface area contributed by atoms with Crippen LogP contribution in [-0.4, -0.2) is 26.2 Å². The maximum atomic E-state index is 10.6. The van der Waals surface area contributed by atoms with E-state index in [0.29, 0.717) is 5.69 Å². The van der Waals surface area contributed by atoms with Gasteiger partial charge in [0.05, 0.1) is 11.2 Å². The number of carboxylic acids is 1. The average molecular weight is 320 g/mol. The third kappa shape index (κ3) is 3.76. The van der Waals surface area contributed by atoms with Crippen LogP contribution >= 0.6 is 0 Å². The zero-order chi connectivity index (χ0) is 16.9. The average Bonchev–Trinajstić information content (AvgIpc) is 2.61. The highest BCUT2D eigenvalue weighted by atomic mass is 16.4. The van der Waals surface area contributed by atoms with Crippen LogP contribution < -0.4 is 0 Å². The number of aliphatic hydroxyl groups excluding tert-OH is 1. The number of benzene rings is 1. The lowest BCUT2D eigenvalue weighted by Gasteiger charge is -2.04. The molecule has 0 spiro atoms. The fourth-order valence-electron chi connectivity index (χ4n) is 2.41. The molecule has 0 amide bonds. The number of rotatable bonds is 5. The lowest BCUT2D eigenvalue weighted by Crippen LogP contribution is -1.99. The van der Waals surface area contributed by atoms with Crippen LogP contribution in [0.1, 0.15) is 16.8 Å². The highest BCUT2D eigenvalue weighted by Gasteiger charge is 2.04. The minimum Gasteiger partial charge on any atom is -0.502 e. The Bertz CT molecular complexity index is 902. The summed E-state index contributed by atoms with van der Waals surface area (Å²) in [6.07, 6.45) is 6.35. The lowest BCUT2D eigenvalue weighted by molar-refractivity contribution is -0.135. The first-order valence-corrected chi connectivity index (χ1v) is 7.54. The van der Waals surface area contributed by atoms with Gasteiger partial charge in [0.15, 0.2) is 0 Å². The van der Waals surface area contributed by atoms with Crippen molar-refractivity contribution in [3.05, 3.63) is 77.4 Å². The summed E-state index contributed by atoms with van der Waals surface area (Å²) >= 11 is 0. The summed E-state index contributed by atoms with van der Waals surface area (Å²) in [5, 5.41) is 19.0. The minimum atomic E-state index is -1.37. The molecule has 1 aromatic carbocycles. The SMILES string of the molecule is O=C(O)/C(O)=C/c1ccc(CCc2cnc3ccccc3c2)cn1. The molecule has 2 heterocycles. The van der Waals surface area contributed by atoms with Crippen LogP contribution in [0.2, 0.25) is 0 Å². The Kier molecular flexibility index (Phi) is 4.52. The van der Waals surface area contributed by atoms with Gasteiger partial charge < -0.3 is 10.2 Å². The summed E-state index contributed by atoms with van der Waals surface area (Å²) in [6.45, 7) is 0. The molecule has 0 fully saturated rings. The highest BCUT2D eigenvalue weighted by molar-refractivity contribution is 5.88. The first kappa shape index (κ1) is 15.7. The molecule has 0 saturated heterocycles. The molecule has 5 heteroatoms. The standard InChI is InChI=1S/C19H16N2O3/c22-18(19(23)24)10-16-8-7-13(11-20-16)5-6-14-9-15-3-1-2-4-17(15)21-12-14/h1-4,7-12,22H,5-6H2,(H,23,24)/b18-10-. The second-order valence-corrected chi connectivity index (χ2v) is 5.46. The maximum Gasteiger partial charge on any atom is 0.371 e. The number of pyridine rings is 2. The molecular weight excluding hydrogens is 304 g/mol. The topological polar surface area (TPSA) is 83.3 Å². The zero-order valence-corrected chi connectivity index (χ0v) is 12.9. The normalized spacial score (nSPS) is 11.6. The third-order valence-electron chi connectivity index (χ3n) is 3.70. The molecule has 24 heavy (non-hydrogen) atoms. The van der Waals surface area contributed by atoms with Gasteiger partial charge in [-0.1, -0.05) is 24.3 Å². The van der Waals surface area contributed by atoms with Crippen molar-refractivity contribution < 1.29 is 15.0 Å². The maximum absolute atomic E-state index is 10.6. The van der Waals surface area contributed by atoms with Gasteiger partial charge in [0.2, 0.25) is 5.76 Å². The molecule has 0 aliphatic carbocycles. The summed E-state index contributed by atoms with van der Waals surface area (Å²) in [7, 11) is 0. The van der Waals surface area contributed by atoms with Crippen LogP contribution in [0.15, 0.2) is 60.6 Å². The number of aryl methyl sites for hydroxylation is 2. The highest BCUT2D eigenvalue weighted by Crippen LogP contribution is 2.14. The molecule has 5 nitrogen and oxygen atoms in total. The van der Waals surface area contributed by atoms with E-state index in [9.17, 15) is 9.90 Å². The molecular formula is C19H16N2O3. The molecule has 0 radical (unpaired) electrons. The molecule has 0 aliphatic rings. The van der Waals surface area contributed by atoms with Gasteiger partial charge in [-0.05, 0) is 42.2 Å². The second kappa shape index (κ2) is 6.91. The summed E-state index contributed by atoms with van der Waals surface area (Å²) in [5.74, 6) is -2.10. The molecule has 0 bridgehead atoms. The van der Waals surface area contributed by atoms with Gasteiger partial charge >= 0.3 is 5.97 Å². The van der Waals surface area contributed by atoms with E-state index in [4.69, 9.17) is 5.11 Å². The van der Waals surface area contributed by atoms with E-state index in [-0.39, 0.29) is 0 Å². The molecule has 0 atom stereocenters. The van der Waals surface area contributed by atoms with Gasteiger partial charge in [-0.3, -0.25) is 9.97 Å². The van der Waals surface area contributed by atoms with Gasteiger partial charge in [0.25, 0.3) is 0 Å². The van der Waals surface area contributed by atoms with Gasteiger partial charge in [-0.2, -0.15) is 0 Å². The molecule has 2 N–H and O–H groups in total. The Morgan fingerprint density at radius 3 is 2.46 bits per heavy atom. The van der Waals surface area contributed by atoms with Crippen LogP contribution in [0, 0.1) is 0 Å². The number of nitrogens with zero attached hydrogens (tertiary/aromatic N) is 2. The van der Waals surface area contributed by atoms with Crippen molar-refractivity contribution >= 4 is 22.9 Å². The van der Waals surface area contributed by atoms with E-state index in [2.05, 4.69) is 16.0 Å². The van der Waals surface area contributed by atoms with Crippen molar-refractivity contribution in [2.75, 3.05) is 0 Å². The van der Waals surface area contributed by atoms with E-state index < -0.39 is 11.7 Å². The number of hydrogen-bond acceptors (Lipinski definition) is 4. The largest absolute Gasteiger partial charge is 0.502 e. The van der Waals surface area contributed by atoms with Crippen molar-refractivity contribution in [1.29, 1.82) is 0 Å². The van der Waals surface area contributed by atoms with Crippen molar-refractivity contribution in [2.45, 2.75) is 12.8 Å². The van der Waals surface area contributed by atoms with Crippen LogP contribution in [0.4, 0.5) is 0 Å². The Hall–Kier alpha value is -3.21. The molecule has 2 aromatic heterocycles. The zero-order valence-electron chi connectivity index (χ0n) is 12.9. The predicted molar refractivity (Wildman–Crippen MR) is 91.6 cm³/mol. The Balaban J connectivity index is 1.67. The molecule has 120 valence electrons. The van der Waals surface area contributed by atoms with E-state index in [1.807, 2.05) is 36.5 Å². The summed E-state index contributed by atoms with van der Waals surface area (Å²) in [6, 6.07) is 13.7. The smallest absolute Gasteiger partial charge is 0.371 e. The van der Waals surface area contributed by atoms with Crippen molar-refractivity contribution in [2.24, 2.45) is 0 Å². The molecule has 3 aromatic rings. The third-order valence-corrected chi connectivity index (χ3v) is 3.70. The Morgan fingerprint density at radius 1 is 0.958 bits per heavy atom. The van der Waals surface area contributed by atoms with Gasteiger partial charge in [-0.15, -0.1) is 0 Å². The number of carbonyl (C=O) groups is 1. The number of aliphatic hydroxyl groups is 1. The Morgan fingerprint density at radius 2 is 1.71 bits per heavy atom. The quantitative estimate of drug-likeness (QED) is 0.556. The van der Waals surface area contributed by atoms with Crippen molar-refractivity contribution in [3.8, 4) is 0 Å². The van der Waals surface area contributed by atoms with Crippen LogP contribution in [0.3, 0.4) is 0 Å². The lowest BCUT2D eigenvalue weighted by atomic mass is 10.1. The number of aromatic nitrogens is 2. The fraction of sp³-hybridized carbons (Fsp3) is 0.105. The number of hydrogen-bond donors (Lipinski definition) is 2. The number of aliphatic carboxylic acids is 1. The first-order chi connectivity index (χ1) is 11.6. The van der Waals surface area contributed by atoms with E-state index >= 15 is 0 Å². The Labute approximate surface area is 138 Å². The van der Waals surface area contributed by atoms with Gasteiger partial charge in [0.1, 0.15) is 0 Å². The molecule has 0 unspecified atom stereocenters. The number of para-hydroxylation sites is 1. The van der Waals surface area contributed by atoms with Crippen LogP contribution in [0.5, 0.6) is 0 Å². The van der Waals surface area contributed by atoms with E-state index in [0.717, 1.165) is 40.9 Å². The summed E-state index contributed by atoms with van der Waals surface area (Å²) < 4.78 is 0. The van der Waals surface area contributed by atoms with Gasteiger partial charge in [0, 0.05) is 23.9 Å². The van der Waals surface area contributed by atoms with Gasteiger partial charge in [-0.25, -0.2) is 4.79 Å². The molecule has 0 saturated carbocycles. The first-order valence-electron chi connectivity index (χ1n) is 7.54. The fourth-order valence-corrected chi connectivity index (χ4v) is 2.41. The van der Waals surface area contributed by atoms with Crippen LogP contribution in [-0.2, 0) is 17.6 Å². The molecule has 3 rings (SSSR count). The van der Waals surface area contributed by atoms with Crippen molar-refractivity contribution in [1.82, 2.24) is 9.97 Å². The number of carboxylic acid groups (broad SMARTS) is 1. The minimum absolute atomic E-state index is 0.408. The summed E-state index contributed by atoms with van der Waals surface area (Å²) in [4.78, 5) is 19.2. The van der Waals surface area contributed by atoms with Crippen LogP contribution in [0.25, 0.3) is 17.0 Å². The summed E-state index contributed by atoms with van der Waals surface area (Å²) in [5.41, 5.74) is 3.58. The monoisotopic (exact) mass is 320 g/mol. The van der Waals surface area contributed by atoms with Crippen molar-refractivity contribution in [3.63, 3.8) is 0 Å². The van der Waals surface area contributed by atoms with E-state index in [1.54, 1.807) is 12.3 Å². The predicted octanol–water partition coefficient (Wildman–Crippen LogP) is 3.40. The number of fused-ring (bicyclic) bond motifs is 1. The second-order valence-electron chi connectivity index (χ2n) is 5.46.